The van der Waals surface area contributed by atoms with Gasteiger partial charge in [-0.15, -0.1) is 0 Å². The molecule has 3 aromatic rings. The number of aryl methyl sites for hydroxylation is 1. The van der Waals surface area contributed by atoms with Crippen LogP contribution in [0.2, 0.25) is 0 Å². The molecule has 1 aliphatic rings. The van der Waals surface area contributed by atoms with Crippen molar-refractivity contribution >= 4 is 43.3 Å². The van der Waals surface area contributed by atoms with Crippen LogP contribution in [0.15, 0.2) is 53.4 Å². The third kappa shape index (κ3) is 9.22. The third-order valence-electron chi connectivity index (χ3n) is 7.39. The minimum absolute atomic E-state index is 0.0588. The van der Waals surface area contributed by atoms with E-state index in [1.165, 1.54) is 35.6 Å². The van der Waals surface area contributed by atoms with Gasteiger partial charge in [0.15, 0.2) is 0 Å². The van der Waals surface area contributed by atoms with Crippen LogP contribution in [0.5, 0.6) is 0 Å². The van der Waals surface area contributed by atoms with Crippen LogP contribution in [0.3, 0.4) is 0 Å². The molecular weight excluding hydrogens is 647 g/mol. The number of nitrogens with zero attached hydrogens (tertiary/aromatic N) is 6. The monoisotopic (exact) mass is 685 g/mol. The Morgan fingerprint density at radius 1 is 1.04 bits per heavy atom. The highest BCUT2D eigenvalue weighted by atomic mass is 32.2. The summed E-state index contributed by atoms with van der Waals surface area (Å²) in [5.41, 5.74) is 7.73. The molecule has 0 atom stereocenters. The van der Waals surface area contributed by atoms with Gasteiger partial charge in [0, 0.05) is 64.2 Å². The van der Waals surface area contributed by atoms with Gasteiger partial charge < -0.3 is 26.0 Å². The van der Waals surface area contributed by atoms with Gasteiger partial charge in [0.2, 0.25) is 26.0 Å². The van der Waals surface area contributed by atoms with Crippen LogP contribution in [0, 0.1) is 18.3 Å². The van der Waals surface area contributed by atoms with Crippen molar-refractivity contribution < 1.29 is 26.4 Å². The molecule has 2 aromatic carbocycles. The van der Waals surface area contributed by atoms with E-state index in [-0.39, 0.29) is 34.9 Å². The molecule has 0 spiro atoms. The molecule has 47 heavy (non-hydrogen) atoms. The number of benzene rings is 2. The molecule has 17 heteroatoms. The molecule has 0 saturated carbocycles. The lowest BCUT2D eigenvalue weighted by Crippen LogP contribution is -2.49. The fourth-order valence-corrected chi connectivity index (χ4v) is 6.77. The van der Waals surface area contributed by atoms with Gasteiger partial charge in [0.1, 0.15) is 11.8 Å². The summed E-state index contributed by atoms with van der Waals surface area (Å²) in [6, 6.07) is 14.3. The lowest BCUT2D eigenvalue weighted by Gasteiger charge is -2.34. The molecule has 252 valence electrons. The molecule has 1 aliphatic heterocycles. The van der Waals surface area contributed by atoms with Crippen molar-refractivity contribution in [3.63, 3.8) is 0 Å². The predicted octanol–water partition coefficient (Wildman–Crippen LogP) is 0.881. The highest BCUT2D eigenvalue weighted by Crippen LogP contribution is 2.26. The molecule has 1 saturated heterocycles. The first kappa shape index (κ1) is 35.7. The Labute approximate surface area is 275 Å². The number of amides is 1. The zero-order valence-electron chi connectivity index (χ0n) is 26.5. The van der Waals surface area contributed by atoms with Gasteiger partial charge in [-0.1, -0.05) is 6.07 Å². The van der Waals surface area contributed by atoms with E-state index in [0.717, 1.165) is 16.1 Å². The van der Waals surface area contributed by atoms with Crippen molar-refractivity contribution in [1.29, 1.82) is 5.26 Å². The van der Waals surface area contributed by atoms with Crippen LogP contribution in [-0.4, -0.2) is 103 Å². The number of anilines is 3. The summed E-state index contributed by atoms with van der Waals surface area (Å²) in [5, 5.41) is 15.2. The second-order valence-electron chi connectivity index (χ2n) is 10.8. The SMILES string of the molecule is Cc1cc(C#N)nc(N2CCN(S(=O)(=O)c3ccc(NC(=O)c4cc(CNCCOCCN)ccc4N(C)S(C)(=O)=O)cc3)CC2)n1. The summed E-state index contributed by atoms with van der Waals surface area (Å²) in [7, 11) is -6.14. The molecule has 15 nitrogen and oxygen atoms in total. The summed E-state index contributed by atoms with van der Waals surface area (Å²) in [6.45, 7) is 5.19. The van der Waals surface area contributed by atoms with Crippen molar-refractivity contribution in [3.05, 3.63) is 71.0 Å². The summed E-state index contributed by atoms with van der Waals surface area (Å²) < 4.78 is 59.2. The van der Waals surface area contributed by atoms with Gasteiger partial charge >= 0.3 is 0 Å². The van der Waals surface area contributed by atoms with Gasteiger partial charge in [-0.2, -0.15) is 9.57 Å². The third-order valence-corrected chi connectivity index (χ3v) is 10.5. The Morgan fingerprint density at radius 2 is 1.74 bits per heavy atom. The van der Waals surface area contributed by atoms with Gasteiger partial charge in [-0.05, 0) is 55.0 Å². The number of aromatic nitrogens is 2. The number of sulfonamides is 2. The van der Waals surface area contributed by atoms with E-state index in [0.29, 0.717) is 63.3 Å². The van der Waals surface area contributed by atoms with E-state index >= 15 is 0 Å². The number of carbonyl (C=O) groups is 1. The zero-order valence-corrected chi connectivity index (χ0v) is 28.1. The van der Waals surface area contributed by atoms with E-state index in [1.54, 1.807) is 31.2 Å². The van der Waals surface area contributed by atoms with E-state index in [4.69, 9.17) is 10.5 Å². The molecule has 4 rings (SSSR count). The van der Waals surface area contributed by atoms with Crippen LogP contribution >= 0.6 is 0 Å². The lowest BCUT2D eigenvalue weighted by atomic mass is 10.1. The van der Waals surface area contributed by atoms with Crippen LogP contribution in [0.1, 0.15) is 27.3 Å². The van der Waals surface area contributed by atoms with Crippen molar-refractivity contribution in [2.75, 3.05) is 80.3 Å². The summed E-state index contributed by atoms with van der Waals surface area (Å²) in [4.78, 5) is 24.0. The van der Waals surface area contributed by atoms with Gasteiger partial charge in [-0.3, -0.25) is 9.10 Å². The number of nitrogens with two attached hydrogens (primary N) is 1. The largest absolute Gasteiger partial charge is 0.379 e. The number of nitriles is 1. The topological polar surface area (TPSA) is 204 Å². The standard InChI is InChI=1S/C30H39N9O6S2/c1-22-18-25(20-32)36-30(34-22)38-12-14-39(15-13-38)47(43,44)26-7-5-24(6-8-26)35-29(40)27-19-23(21-33-11-17-45-16-10-31)4-9-28(27)37(2)46(3,41)42/h4-9,18-19,33H,10-17,21,31H2,1-3H3,(H,35,40). The number of hydrogen-bond donors (Lipinski definition) is 3. The number of hydrogen-bond acceptors (Lipinski definition) is 12. The fraction of sp³-hybridized carbons (Fsp3) is 0.400. The van der Waals surface area contributed by atoms with Crippen LogP contribution in [0.25, 0.3) is 0 Å². The number of ether oxygens (including phenoxy) is 1. The molecule has 2 heterocycles. The quantitative estimate of drug-likeness (QED) is 0.202. The Bertz CT molecular complexity index is 1820. The van der Waals surface area contributed by atoms with Crippen LogP contribution < -0.4 is 25.6 Å². The normalized spacial score (nSPS) is 14.1. The van der Waals surface area contributed by atoms with Crippen molar-refractivity contribution in [1.82, 2.24) is 19.6 Å². The average molecular weight is 686 g/mol. The minimum atomic E-state index is -3.84. The van der Waals surface area contributed by atoms with Gasteiger partial charge in [0.25, 0.3) is 5.91 Å². The predicted molar refractivity (Wildman–Crippen MR) is 178 cm³/mol. The van der Waals surface area contributed by atoms with Gasteiger partial charge in [-0.25, -0.2) is 26.8 Å². The van der Waals surface area contributed by atoms with Crippen molar-refractivity contribution in [3.8, 4) is 6.07 Å². The molecule has 1 amide bonds. The number of nitrogens with one attached hydrogen (secondary N) is 2. The van der Waals surface area contributed by atoms with E-state index < -0.39 is 26.0 Å². The molecular formula is C30H39N9O6S2. The summed E-state index contributed by atoms with van der Waals surface area (Å²) in [6.07, 6.45) is 1.05. The maximum absolute atomic E-state index is 13.5. The maximum atomic E-state index is 13.5. The summed E-state index contributed by atoms with van der Waals surface area (Å²) in [5.74, 6) is -0.174. The first-order valence-corrected chi connectivity index (χ1v) is 18.1. The van der Waals surface area contributed by atoms with Crippen LogP contribution in [0.4, 0.5) is 17.3 Å². The molecule has 0 aliphatic carbocycles. The maximum Gasteiger partial charge on any atom is 0.257 e. The Kier molecular flexibility index (Phi) is 11.8. The Morgan fingerprint density at radius 3 is 2.38 bits per heavy atom. The summed E-state index contributed by atoms with van der Waals surface area (Å²) >= 11 is 0. The van der Waals surface area contributed by atoms with Crippen molar-refractivity contribution in [2.45, 2.75) is 18.4 Å². The highest BCUT2D eigenvalue weighted by molar-refractivity contribution is 7.92. The lowest BCUT2D eigenvalue weighted by molar-refractivity contribution is 0.102. The highest BCUT2D eigenvalue weighted by Gasteiger charge is 2.30. The number of carbonyl (C=O) groups excluding carboxylic acids is 1. The second-order valence-corrected chi connectivity index (χ2v) is 14.8. The molecule has 0 radical (unpaired) electrons. The molecule has 1 fully saturated rings. The first-order valence-electron chi connectivity index (χ1n) is 14.8. The van der Waals surface area contributed by atoms with E-state index in [2.05, 4.69) is 20.6 Å². The molecule has 4 N–H and O–H groups in total. The van der Waals surface area contributed by atoms with Crippen molar-refractivity contribution in [2.24, 2.45) is 5.73 Å². The number of rotatable bonds is 14. The molecule has 1 aromatic heterocycles. The first-order chi connectivity index (χ1) is 22.3. The Hall–Kier alpha value is -4.18. The average Bonchev–Trinajstić information content (AvgIpc) is 3.05. The van der Waals surface area contributed by atoms with Gasteiger partial charge in [0.05, 0.1) is 35.6 Å². The minimum Gasteiger partial charge on any atom is -0.379 e. The zero-order chi connectivity index (χ0) is 34.2. The second kappa shape index (κ2) is 15.6. The van der Waals surface area contributed by atoms with E-state index in [1.807, 2.05) is 11.0 Å². The molecule has 0 bridgehead atoms. The molecule has 0 unspecified atom stereocenters. The van der Waals surface area contributed by atoms with Crippen LogP contribution in [-0.2, 0) is 31.3 Å². The fourth-order valence-electron chi connectivity index (χ4n) is 4.83. The van der Waals surface area contributed by atoms with E-state index in [9.17, 15) is 26.9 Å². The Balaban J connectivity index is 1.44. The number of piperazine rings is 1. The smallest absolute Gasteiger partial charge is 0.257 e.